The zero-order valence-electron chi connectivity index (χ0n) is 37.8. The number of H-pyrrole nitrogens is 2. The summed E-state index contributed by atoms with van der Waals surface area (Å²) in [6, 6.07) is 12.3. The fraction of sp³-hybridized carbons (Fsp3) is 0.500. The molecule has 3 saturated heterocycles. The second kappa shape index (κ2) is 18.4. The first kappa shape index (κ1) is 44.0. The molecule has 17 heteroatoms. The van der Waals surface area contributed by atoms with Crippen LogP contribution in [0.25, 0.3) is 44.2 Å². The lowest BCUT2D eigenvalue weighted by Crippen LogP contribution is -2.55. The lowest BCUT2D eigenvalue weighted by molar-refractivity contribution is -0.140. The lowest BCUT2D eigenvalue weighted by atomic mass is 9.90. The van der Waals surface area contributed by atoms with Crippen molar-refractivity contribution in [2.75, 3.05) is 34.5 Å². The SMILES string of the molecule is CC[C@H]1CC[C@@H](c2ncc(-c3ccc4c(c3)COc3cc5c(ccc6nc([C@@H]7CC[C@H](C)N7C(=O)C(NC(=O)OC)[C@@H](C)OC)[nH]c65)cc3-4)[nH]2)N1C(=O)[C@@H](NC(=O)OC)C1CCOCC1. The van der Waals surface area contributed by atoms with Crippen LogP contribution >= 0.6 is 0 Å². The van der Waals surface area contributed by atoms with Crippen LogP contribution in [0.15, 0.2) is 48.7 Å². The number of alkyl carbamates (subject to hydrolysis) is 2. The van der Waals surface area contributed by atoms with Gasteiger partial charge in [-0.3, -0.25) is 9.59 Å². The van der Waals surface area contributed by atoms with Crippen molar-refractivity contribution in [3.8, 4) is 28.1 Å². The number of fused-ring (bicyclic) bond motifs is 6. The monoisotopic (exact) mass is 890 g/mol. The van der Waals surface area contributed by atoms with E-state index in [0.717, 1.165) is 87.0 Å². The predicted octanol–water partition coefficient (Wildman–Crippen LogP) is 7.07. The van der Waals surface area contributed by atoms with Crippen LogP contribution in [0.4, 0.5) is 9.59 Å². The molecule has 4 aliphatic rings. The number of hydrogen-bond acceptors (Lipinski definition) is 11. The van der Waals surface area contributed by atoms with Gasteiger partial charge in [0.1, 0.15) is 36.1 Å². The highest BCUT2D eigenvalue weighted by molar-refractivity contribution is 6.07. The van der Waals surface area contributed by atoms with E-state index in [1.165, 1.54) is 21.3 Å². The summed E-state index contributed by atoms with van der Waals surface area (Å²) in [7, 11) is 4.08. The number of methoxy groups -OCH3 is 3. The van der Waals surface area contributed by atoms with Gasteiger partial charge >= 0.3 is 12.2 Å². The highest BCUT2D eigenvalue weighted by atomic mass is 16.5. The van der Waals surface area contributed by atoms with Crippen molar-refractivity contribution in [2.45, 2.75) is 115 Å². The first-order valence-corrected chi connectivity index (χ1v) is 22.7. The number of ether oxygens (including phenoxy) is 5. The minimum atomic E-state index is -0.936. The Bertz CT molecular complexity index is 2600. The molecule has 2 aromatic heterocycles. The van der Waals surface area contributed by atoms with Crippen LogP contribution in [0.5, 0.6) is 5.75 Å². The zero-order valence-corrected chi connectivity index (χ0v) is 37.8. The van der Waals surface area contributed by atoms with Crippen LogP contribution in [0.2, 0.25) is 0 Å². The van der Waals surface area contributed by atoms with Crippen molar-refractivity contribution in [2.24, 2.45) is 5.92 Å². The maximum Gasteiger partial charge on any atom is 0.407 e. The van der Waals surface area contributed by atoms with Crippen LogP contribution in [0.1, 0.15) is 95.0 Å². The molecular weight excluding hydrogens is 833 g/mol. The van der Waals surface area contributed by atoms with Crippen LogP contribution in [-0.2, 0) is 35.1 Å². The van der Waals surface area contributed by atoms with Gasteiger partial charge in [-0.05, 0) is 111 Å². The van der Waals surface area contributed by atoms with Gasteiger partial charge in [-0.2, -0.15) is 0 Å². The fourth-order valence-corrected chi connectivity index (χ4v) is 10.4. The maximum atomic E-state index is 14.4. The number of imidazole rings is 2. The first-order valence-electron chi connectivity index (χ1n) is 22.7. The van der Waals surface area contributed by atoms with Crippen LogP contribution in [0, 0.1) is 5.92 Å². The van der Waals surface area contributed by atoms with Gasteiger partial charge < -0.3 is 54.1 Å². The molecule has 5 aromatic rings. The average Bonchev–Trinajstić information content (AvgIpc) is 4.17. The summed E-state index contributed by atoms with van der Waals surface area (Å²) in [5.74, 6) is 1.73. The number of benzene rings is 3. The van der Waals surface area contributed by atoms with Gasteiger partial charge in [0.2, 0.25) is 11.8 Å². The summed E-state index contributed by atoms with van der Waals surface area (Å²) in [5.41, 5.74) is 6.52. The van der Waals surface area contributed by atoms with E-state index in [0.29, 0.717) is 44.9 Å². The summed E-state index contributed by atoms with van der Waals surface area (Å²) in [6.07, 6.45) is 5.15. The Morgan fingerprint density at radius 3 is 2.35 bits per heavy atom. The molecular formula is C48H58N8O9. The Balaban J connectivity index is 0.965. The van der Waals surface area contributed by atoms with Crippen LogP contribution in [-0.4, -0.2) is 119 Å². The maximum absolute atomic E-state index is 14.4. The second-order valence-electron chi connectivity index (χ2n) is 17.7. The van der Waals surface area contributed by atoms with Gasteiger partial charge in [0.25, 0.3) is 0 Å². The van der Waals surface area contributed by atoms with E-state index in [-0.39, 0.29) is 41.9 Å². The van der Waals surface area contributed by atoms with Crippen molar-refractivity contribution in [1.29, 1.82) is 0 Å². The third-order valence-electron chi connectivity index (χ3n) is 14.1. The standard InChI is InChI=1S/C48H58N8O9/c1-7-31-11-15-37(56(31)46(58)41(54-48(60)63-6)27-16-18-64-19-17-27)43-49-23-36(51-43)29-9-12-32-30(20-29)24-65-39-22-33-28(21-34(32)39)10-13-35-42(33)52-44(50-35)38-14-8-25(2)55(38)45(57)40(26(3)61-4)53-47(59)62-5/h9-10,12-13,20-23,25-27,31,37-38,40-41H,7-8,11,14-19,24H2,1-6H3,(H,49,51)(H,50,52)(H,53,59)(H,54,60)/t25-,26+,31-,37-,38-,40?,41-/m0/s1. The molecule has 3 aromatic carbocycles. The van der Waals surface area contributed by atoms with Gasteiger partial charge in [-0.25, -0.2) is 19.6 Å². The minimum absolute atomic E-state index is 0.0185. The second-order valence-corrected chi connectivity index (χ2v) is 17.7. The molecule has 7 atom stereocenters. The van der Waals surface area contributed by atoms with E-state index < -0.39 is 30.4 Å². The van der Waals surface area contributed by atoms with Crippen LogP contribution in [0.3, 0.4) is 0 Å². The normalized spacial score (nSPS) is 22.2. The lowest BCUT2D eigenvalue weighted by Gasteiger charge is -2.36. The molecule has 65 heavy (non-hydrogen) atoms. The molecule has 3 fully saturated rings. The molecule has 4 aliphatic heterocycles. The zero-order chi connectivity index (χ0) is 45.5. The molecule has 0 radical (unpaired) electrons. The number of nitrogens with one attached hydrogen (secondary N) is 4. The molecule has 1 unspecified atom stereocenters. The van der Waals surface area contributed by atoms with Gasteiger partial charge in [0.05, 0.1) is 55.3 Å². The van der Waals surface area contributed by atoms with Crippen molar-refractivity contribution in [3.05, 3.63) is 65.9 Å². The fourth-order valence-electron chi connectivity index (χ4n) is 10.4. The molecule has 6 heterocycles. The largest absolute Gasteiger partial charge is 0.488 e. The number of amides is 4. The Morgan fingerprint density at radius 2 is 1.60 bits per heavy atom. The molecule has 0 bridgehead atoms. The van der Waals surface area contributed by atoms with Gasteiger partial charge in [0, 0.05) is 43.4 Å². The topological polar surface area (TPSA) is 202 Å². The Labute approximate surface area is 377 Å². The van der Waals surface area contributed by atoms with Crippen molar-refractivity contribution < 1.29 is 42.9 Å². The average molecular weight is 891 g/mol. The predicted molar refractivity (Wildman–Crippen MR) is 241 cm³/mol. The highest BCUT2D eigenvalue weighted by Crippen LogP contribution is 2.44. The van der Waals surface area contributed by atoms with Crippen molar-refractivity contribution in [1.82, 2.24) is 40.4 Å². The van der Waals surface area contributed by atoms with E-state index in [1.807, 2.05) is 24.1 Å². The molecule has 0 saturated carbocycles. The molecule has 17 nitrogen and oxygen atoms in total. The summed E-state index contributed by atoms with van der Waals surface area (Å²) >= 11 is 0. The summed E-state index contributed by atoms with van der Waals surface area (Å²) in [4.78, 5) is 73.9. The first-order chi connectivity index (χ1) is 31.5. The van der Waals surface area contributed by atoms with E-state index in [2.05, 4.69) is 63.9 Å². The highest BCUT2D eigenvalue weighted by Gasteiger charge is 2.45. The molecule has 344 valence electrons. The quantitative estimate of drug-likeness (QED) is 0.106. The summed E-state index contributed by atoms with van der Waals surface area (Å²) in [5, 5.41) is 7.50. The van der Waals surface area contributed by atoms with Gasteiger partial charge in [-0.15, -0.1) is 0 Å². The molecule has 0 aliphatic carbocycles. The van der Waals surface area contributed by atoms with Crippen molar-refractivity contribution >= 4 is 45.8 Å². The molecule has 0 spiro atoms. The summed E-state index contributed by atoms with van der Waals surface area (Å²) in [6.45, 7) is 7.30. The number of aromatic nitrogens is 4. The Kier molecular flexibility index (Phi) is 12.4. The number of carbonyl (C=O) groups is 4. The van der Waals surface area contributed by atoms with Crippen molar-refractivity contribution in [3.63, 3.8) is 0 Å². The van der Waals surface area contributed by atoms with E-state index >= 15 is 0 Å². The van der Waals surface area contributed by atoms with E-state index in [9.17, 15) is 19.2 Å². The number of rotatable bonds is 11. The number of likely N-dealkylation sites (tertiary alicyclic amines) is 2. The van der Waals surface area contributed by atoms with Crippen LogP contribution < -0.4 is 15.4 Å². The summed E-state index contributed by atoms with van der Waals surface area (Å²) < 4.78 is 27.3. The Morgan fingerprint density at radius 1 is 0.846 bits per heavy atom. The number of aromatic amines is 2. The molecule has 4 N–H and O–H groups in total. The number of hydrogen-bond donors (Lipinski definition) is 4. The molecule has 4 amide bonds. The van der Waals surface area contributed by atoms with Gasteiger partial charge in [-0.1, -0.05) is 25.1 Å². The third kappa shape index (κ3) is 8.24. The van der Waals surface area contributed by atoms with E-state index in [1.54, 1.807) is 11.8 Å². The number of nitrogens with zero attached hydrogens (tertiary/aromatic N) is 4. The minimum Gasteiger partial charge on any atom is -0.488 e. The smallest absolute Gasteiger partial charge is 0.407 e. The van der Waals surface area contributed by atoms with E-state index in [4.69, 9.17) is 33.7 Å². The third-order valence-corrected chi connectivity index (χ3v) is 14.1. The number of carbonyl (C=O) groups excluding carboxylic acids is 4. The Hall–Kier alpha value is -6.20. The molecule has 9 rings (SSSR count). The van der Waals surface area contributed by atoms with Gasteiger partial charge in [0.15, 0.2) is 0 Å².